The van der Waals surface area contributed by atoms with E-state index < -0.39 is 28.0 Å². The van der Waals surface area contributed by atoms with Crippen molar-refractivity contribution in [2.75, 3.05) is 49.7 Å². The van der Waals surface area contributed by atoms with Gasteiger partial charge >= 0.3 is 0 Å². The second-order valence-electron chi connectivity index (χ2n) is 24.0. The lowest BCUT2D eigenvalue weighted by Gasteiger charge is -2.67. The van der Waals surface area contributed by atoms with Crippen molar-refractivity contribution in [3.63, 3.8) is 0 Å². The van der Waals surface area contributed by atoms with Crippen LogP contribution in [0.3, 0.4) is 0 Å². The molecule has 17 heteroatoms. The summed E-state index contributed by atoms with van der Waals surface area (Å²) in [7, 11) is 5.94. The molecular formula is C72H55FN6O8S2. The Morgan fingerprint density at radius 3 is 1.85 bits per heavy atom. The van der Waals surface area contributed by atoms with Crippen LogP contribution in [-0.2, 0) is 20.4 Å². The Morgan fingerprint density at radius 2 is 1.13 bits per heavy atom. The monoisotopic (exact) mass is 1210 g/mol. The zero-order valence-electron chi connectivity index (χ0n) is 48.7. The first kappa shape index (κ1) is 54.4. The van der Waals surface area contributed by atoms with Gasteiger partial charge < -0.3 is 40.2 Å². The second kappa shape index (κ2) is 20.0. The minimum absolute atomic E-state index is 0.0653. The number of hydrogen-bond acceptors (Lipinski definition) is 12. The van der Waals surface area contributed by atoms with E-state index in [1.165, 1.54) is 96.6 Å². The van der Waals surface area contributed by atoms with Crippen LogP contribution in [0.4, 0.5) is 26.0 Å². The molecule has 4 amide bonds. The average Bonchev–Trinajstić information content (AvgIpc) is 1.54. The molecule has 2 heterocycles. The normalized spacial score (nSPS) is 21.8. The molecule has 0 saturated heterocycles. The van der Waals surface area contributed by atoms with Crippen LogP contribution in [0.15, 0.2) is 168 Å². The van der Waals surface area contributed by atoms with Crippen LogP contribution < -0.4 is 40.2 Å². The zero-order valence-corrected chi connectivity index (χ0v) is 50.4. The molecule has 7 atom stereocenters. The molecule has 2 aromatic heterocycles. The number of fused-ring (bicyclic) bond motifs is 9. The fraction of sp³-hybridized carbons (Fsp3) is 0.194. The molecular weight excluding hydrogens is 1160 g/mol. The molecule has 1 fully saturated rings. The fourth-order valence-corrected chi connectivity index (χ4v) is 17.6. The Morgan fingerprint density at radius 1 is 0.506 bits per heavy atom. The summed E-state index contributed by atoms with van der Waals surface area (Å²) in [5, 5.41) is 17.0. The van der Waals surface area contributed by atoms with E-state index in [1.807, 2.05) is 35.0 Å². The van der Waals surface area contributed by atoms with Crippen molar-refractivity contribution in [2.24, 2.45) is 5.41 Å². The van der Waals surface area contributed by atoms with E-state index in [2.05, 4.69) is 113 Å². The molecule has 0 radical (unpaired) electrons. The summed E-state index contributed by atoms with van der Waals surface area (Å²) < 4.78 is 36.3. The van der Waals surface area contributed by atoms with Gasteiger partial charge in [0, 0.05) is 85.8 Å². The first-order valence-electron chi connectivity index (χ1n) is 29.3. The third kappa shape index (κ3) is 7.76. The largest absolute Gasteiger partial charge is 0.494 e. The van der Waals surface area contributed by atoms with Crippen molar-refractivity contribution in [1.82, 2.24) is 9.97 Å². The van der Waals surface area contributed by atoms with Gasteiger partial charge in [-0.05, 0) is 129 Å². The minimum atomic E-state index is -0.832. The quantitative estimate of drug-likeness (QED) is 0.0772. The van der Waals surface area contributed by atoms with Gasteiger partial charge in [0.05, 0.1) is 50.7 Å². The highest BCUT2D eigenvalue weighted by atomic mass is 32.1. The van der Waals surface area contributed by atoms with Crippen molar-refractivity contribution in [2.45, 2.75) is 54.3 Å². The molecule has 16 rings (SSSR count). The molecule has 5 bridgehead atoms. The lowest BCUT2D eigenvalue weighted by molar-refractivity contribution is -0.143. The van der Waals surface area contributed by atoms with Gasteiger partial charge in [0.1, 0.15) is 0 Å². The van der Waals surface area contributed by atoms with Gasteiger partial charge in [-0.2, -0.15) is 0 Å². The number of carbonyl (C=O) groups is 4. The number of ether oxygens (including phenoxy) is 4. The van der Waals surface area contributed by atoms with Gasteiger partial charge in [-0.3, -0.25) is 19.2 Å². The molecule has 1 saturated carbocycles. The standard InChI is InChI=1S/C72H55FN6O8S2/c1-70(66(82)78-68-76-55(34-88-68)37-12-10-13-38(24-37)64(80)74-42-21-23-57(84-2)54(73)29-42)33-53-45-15-7-9-17-47(45)62-49-28-36(20-22-51(49)72(53,62)70)39-25-40(27-41(26-39)65(81)75-43-30-58(85-3)63(87-5)59(31-43)86-4)56-35-89-69(77-56)79-67(83)71-32-50-44-14-6-8-16-46(44)61(71)48-18-11-19-52(71)60(48)50/h6-31,34-35,50,53,61-62H,32-33H2,1-5H3,(H,74,80)(H,75,81)(H,76,78,82)(H,77,79,83). The number of thiazole rings is 2. The van der Waals surface area contributed by atoms with Crippen LogP contribution in [0.5, 0.6) is 23.0 Å². The fourth-order valence-electron chi connectivity index (χ4n) is 16.2. The number of hydrogen-bond donors (Lipinski definition) is 4. The molecule has 6 aliphatic carbocycles. The van der Waals surface area contributed by atoms with E-state index in [0.717, 1.165) is 27.8 Å². The summed E-state index contributed by atoms with van der Waals surface area (Å²) >= 11 is 2.66. The smallest absolute Gasteiger partial charge is 0.255 e. The molecule has 0 aliphatic heterocycles. The number of nitrogens with zero attached hydrogens (tertiary/aromatic N) is 2. The van der Waals surface area contributed by atoms with E-state index in [0.29, 0.717) is 79.7 Å². The maximum atomic E-state index is 15.1. The summed E-state index contributed by atoms with van der Waals surface area (Å²) in [4.78, 5) is 68.1. The van der Waals surface area contributed by atoms with Crippen molar-refractivity contribution >= 4 is 67.9 Å². The summed E-state index contributed by atoms with van der Waals surface area (Å²) in [6.45, 7) is 2.07. The van der Waals surface area contributed by atoms with E-state index in [1.54, 1.807) is 36.4 Å². The Bertz CT molecular complexity index is 4710. The van der Waals surface area contributed by atoms with Crippen molar-refractivity contribution in [1.29, 1.82) is 0 Å². The van der Waals surface area contributed by atoms with Gasteiger partial charge in [-0.25, -0.2) is 14.4 Å². The molecule has 10 aromatic rings. The summed E-state index contributed by atoms with van der Waals surface area (Å²) in [6, 6.07) is 50.2. The van der Waals surface area contributed by atoms with Crippen molar-refractivity contribution < 1.29 is 42.5 Å². The number of aromatic nitrogens is 2. The summed E-state index contributed by atoms with van der Waals surface area (Å²) in [5.41, 5.74) is 14.4. The molecule has 6 aliphatic rings. The van der Waals surface area contributed by atoms with Crippen molar-refractivity contribution in [3.05, 3.63) is 236 Å². The highest BCUT2D eigenvalue weighted by Crippen LogP contribution is 2.82. The third-order valence-corrected chi connectivity index (χ3v) is 21.5. The molecule has 4 N–H and O–H groups in total. The van der Waals surface area contributed by atoms with Crippen molar-refractivity contribution in [3.8, 4) is 56.6 Å². The van der Waals surface area contributed by atoms with Crippen LogP contribution in [0.25, 0.3) is 33.6 Å². The topological polar surface area (TPSA) is 179 Å². The number of rotatable bonds is 15. The first-order valence-corrected chi connectivity index (χ1v) is 31.1. The summed E-state index contributed by atoms with van der Waals surface area (Å²) in [6.07, 6.45) is 1.35. The van der Waals surface area contributed by atoms with Gasteiger partial charge in [0.2, 0.25) is 17.6 Å². The SMILES string of the molecule is COc1ccc(NC(=O)c2cccc(-c3csc(NC(=O)C4(C)CC5c6ccccc6C6c7cc(-c8cc(C(=O)Nc9cc(OC)c(OC)c(OC)c9)cc(-c9csc(NC(=O)C%10%11CC%12c%13ccccc%13C%10c%10cccc%11c%10%12)n9)c8)ccc7C564)n3)c2)cc1F. The maximum Gasteiger partial charge on any atom is 0.255 e. The number of anilines is 4. The predicted molar refractivity (Wildman–Crippen MR) is 341 cm³/mol. The number of carbonyl (C=O) groups excluding carboxylic acids is 4. The minimum Gasteiger partial charge on any atom is -0.494 e. The van der Waals surface area contributed by atoms with Crippen LogP contribution in [-0.4, -0.2) is 62.0 Å². The number of halogens is 1. The first-order chi connectivity index (χ1) is 43.3. The Hall–Kier alpha value is -9.97. The number of benzene rings is 8. The average molecular weight is 1220 g/mol. The maximum absolute atomic E-state index is 15.1. The van der Waals surface area contributed by atoms with Crippen LogP contribution >= 0.6 is 22.7 Å². The highest BCUT2D eigenvalue weighted by Gasteiger charge is 2.78. The lowest BCUT2D eigenvalue weighted by atomic mass is 9.34. The van der Waals surface area contributed by atoms with Crippen LogP contribution in [0.1, 0.15) is 114 Å². The number of amides is 4. The lowest BCUT2D eigenvalue weighted by Crippen LogP contribution is -2.68. The highest BCUT2D eigenvalue weighted by molar-refractivity contribution is 7.14. The van der Waals surface area contributed by atoms with Crippen LogP contribution in [0.2, 0.25) is 0 Å². The van der Waals surface area contributed by atoms with Gasteiger partial charge in [0.25, 0.3) is 11.8 Å². The summed E-state index contributed by atoms with van der Waals surface area (Å²) in [5.74, 6) is -0.266. The molecule has 1 spiro atoms. The zero-order chi connectivity index (χ0) is 60.8. The predicted octanol–water partition coefficient (Wildman–Crippen LogP) is 14.7. The van der Waals surface area contributed by atoms with E-state index in [4.69, 9.17) is 28.9 Å². The Kier molecular flexibility index (Phi) is 12.2. The molecule has 89 heavy (non-hydrogen) atoms. The second-order valence-corrected chi connectivity index (χ2v) is 25.7. The van der Waals surface area contributed by atoms with Gasteiger partial charge in [0.15, 0.2) is 33.3 Å². The number of methoxy groups -OCH3 is 4. The number of nitrogens with one attached hydrogen (secondary N) is 4. The molecule has 8 aromatic carbocycles. The van der Waals surface area contributed by atoms with E-state index >= 15 is 4.79 Å². The molecule has 440 valence electrons. The van der Waals surface area contributed by atoms with Gasteiger partial charge in [-0.15, -0.1) is 22.7 Å². The Labute approximate surface area is 519 Å². The van der Waals surface area contributed by atoms with Crippen LogP contribution in [0, 0.1) is 11.2 Å². The van der Waals surface area contributed by atoms with E-state index in [9.17, 15) is 18.8 Å². The van der Waals surface area contributed by atoms with E-state index in [-0.39, 0.29) is 52.8 Å². The van der Waals surface area contributed by atoms with Gasteiger partial charge in [-0.1, -0.05) is 97.1 Å². The molecule has 14 nitrogen and oxygen atoms in total. The Balaban J connectivity index is 0.710. The molecule has 7 unspecified atom stereocenters. The third-order valence-electron chi connectivity index (χ3n) is 19.9.